The first kappa shape index (κ1) is 90.1. The number of aliphatic hydroxyl groups is 1. The molecule has 0 radical (unpaired) electrons. The molecule has 0 aliphatic carbocycles. The molecule has 0 heterocycles. The molecule has 0 saturated carbocycles. The molecule has 5 atom stereocenters. The Morgan fingerprint density at radius 1 is 0.293 bits per heavy atom. The number of phosphoric ester groups is 2. The van der Waals surface area contributed by atoms with Crippen molar-refractivity contribution in [3.63, 3.8) is 0 Å². The van der Waals surface area contributed by atoms with Crippen molar-refractivity contribution < 1.29 is 80.2 Å². The molecular weight excluding hydrogens is 1210 g/mol. The summed E-state index contributed by atoms with van der Waals surface area (Å²) in [6, 6.07) is 0. The Labute approximate surface area is 562 Å². The third-order valence-corrected chi connectivity index (χ3v) is 18.8. The first-order valence-electron chi connectivity index (χ1n) is 37.8. The van der Waals surface area contributed by atoms with Crippen molar-refractivity contribution in [3.8, 4) is 0 Å². The van der Waals surface area contributed by atoms with Gasteiger partial charge in [-0.25, -0.2) is 9.13 Å². The van der Waals surface area contributed by atoms with E-state index >= 15 is 0 Å². The number of esters is 4. The van der Waals surface area contributed by atoms with E-state index in [1.165, 1.54) is 173 Å². The topological polar surface area (TPSA) is 237 Å². The summed E-state index contributed by atoms with van der Waals surface area (Å²) >= 11 is 0. The van der Waals surface area contributed by atoms with E-state index in [0.717, 1.165) is 108 Å². The highest BCUT2D eigenvalue weighted by Gasteiger charge is 2.30. The molecule has 0 spiro atoms. The Kier molecular flexibility index (Phi) is 62.4. The van der Waals surface area contributed by atoms with E-state index in [-0.39, 0.29) is 25.7 Å². The fourth-order valence-electron chi connectivity index (χ4n) is 11.1. The van der Waals surface area contributed by atoms with Crippen molar-refractivity contribution in [1.82, 2.24) is 0 Å². The lowest BCUT2D eigenvalue weighted by Crippen LogP contribution is -2.30. The van der Waals surface area contributed by atoms with Crippen LogP contribution in [0.3, 0.4) is 0 Å². The van der Waals surface area contributed by atoms with Gasteiger partial charge >= 0.3 is 39.5 Å². The molecule has 92 heavy (non-hydrogen) atoms. The summed E-state index contributed by atoms with van der Waals surface area (Å²) in [7, 11) is -9.91. The molecule has 0 aromatic heterocycles. The molecule has 0 bridgehead atoms. The molecule has 2 unspecified atom stereocenters. The lowest BCUT2D eigenvalue weighted by molar-refractivity contribution is -0.161. The summed E-state index contributed by atoms with van der Waals surface area (Å²) in [6.45, 7) is 11.8. The van der Waals surface area contributed by atoms with Gasteiger partial charge in [-0.05, 0) is 43.4 Å². The van der Waals surface area contributed by atoms with Crippen LogP contribution in [0, 0.1) is 17.8 Å². The third-order valence-electron chi connectivity index (χ3n) is 16.9. The van der Waals surface area contributed by atoms with Gasteiger partial charge in [0.1, 0.15) is 19.3 Å². The number of ether oxygens (including phenoxy) is 4. The Balaban J connectivity index is 5.24. The fraction of sp³-hybridized carbons (Fsp3) is 0.945. The number of rotatable bonds is 71. The first-order chi connectivity index (χ1) is 44.2. The lowest BCUT2D eigenvalue weighted by Gasteiger charge is -2.21. The van der Waals surface area contributed by atoms with Crippen molar-refractivity contribution >= 4 is 39.5 Å². The molecule has 17 nitrogen and oxygen atoms in total. The summed E-state index contributed by atoms with van der Waals surface area (Å²) < 4.78 is 68.4. The summed E-state index contributed by atoms with van der Waals surface area (Å²) in [5.41, 5.74) is 0. The van der Waals surface area contributed by atoms with Crippen LogP contribution in [-0.4, -0.2) is 96.7 Å². The average molecular weight is 1350 g/mol. The maximum absolute atomic E-state index is 13.1. The fourth-order valence-corrected chi connectivity index (χ4v) is 12.7. The van der Waals surface area contributed by atoms with Gasteiger partial charge < -0.3 is 33.8 Å². The van der Waals surface area contributed by atoms with Crippen LogP contribution in [0.1, 0.15) is 370 Å². The molecule has 0 aromatic rings. The van der Waals surface area contributed by atoms with Gasteiger partial charge in [-0.3, -0.25) is 37.3 Å². The number of hydrogen-bond acceptors (Lipinski definition) is 15. The molecular formula is C73H142O17P2. The molecule has 19 heteroatoms. The zero-order chi connectivity index (χ0) is 68.0. The smallest absolute Gasteiger partial charge is 0.462 e. The van der Waals surface area contributed by atoms with E-state index in [0.29, 0.717) is 31.6 Å². The van der Waals surface area contributed by atoms with Crippen LogP contribution in [0.4, 0.5) is 0 Å². The van der Waals surface area contributed by atoms with Crippen LogP contribution in [0.5, 0.6) is 0 Å². The Bertz CT molecular complexity index is 1800. The molecule has 0 aliphatic heterocycles. The second-order valence-electron chi connectivity index (χ2n) is 27.8. The largest absolute Gasteiger partial charge is 0.472 e. The zero-order valence-corrected chi connectivity index (χ0v) is 61.8. The molecule has 0 rings (SSSR count). The van der Waals surface area contributed by atoms with Crippen LogP contribution >= 0.6 is 15.6 Å². The van der Waals surface area contributed by atoms with Crippen molar-refractivity contribution in [2.24, 2.45) is 17.8 Å². The van der Waals surface area contributed by atoms with E-state index < -0.39 is 97.5 Å². The number of unbranched alkanes of at least 4 members (excludes halogenated alkanes) is 39. The molecule has 0 saturated heterocycles. The predicted molar refractivity (Wildman–Crippen MR) is 372 cm³/mol. The van der Waals surface area contributed by atoms with E-state index in [2.05, 4.69) is 48.5 Å². The van der Waals surface area contributed by atoms with Crippen molar-refractivity contribution in [2.75, 3.05) is 39.6 Å². The second-order valence-corrected chi connectivity index (χ2v) is 30.7. The molecule has 3 N–H and O–H groups in total. The summed E-state index contributed by atoms with van der Waals surface area (Å²) in [5.74, 6) is 0.0704. The van der Waals surface area contributed by atoms with Gasteiger partial charge in [0.25, 0.3) is 0 Å². The third kappa shape index (κ3) is 66.7. The van der Waals surface area contributed by atoms with Crippen molar-refractivity contribution in [3.05, 3.63) is 0 Å². The molecule has 0 amide bonds. The second kappa shape index (κ2) is 63.8. The van der Waals surface area contributed by atoms with Gasteiger partial charge in [-0.1, -0.05) is 318 Å². The Morgan fingerprint density at radius 3 is 0.739 bits per heavy atom. The van der Waals surface area contributed by atoms with Crippen LogP contribution in [0.15, 0.2) is 0 Å². The van der Waals surface area contributed by atoms with E-state index in [1.54, 1.807) is 0 Å². The normalized spacial score (nSPS) is 14.1. The monoisotopic (exact) mass is 1350 g/mol. The van der Waals surface area contributed by atoms with E-state index in [1.807, 2.05) is 0 Å². The minimum atomic E-state index is -4.96. The molecule has 0 fully saturated rings. The van der Waals surface area contributed by atoms with Crippen LogP contribution in [0.25, 0.3) is 0 Å². The predicted octanol–water partition coefficient (Wildman–Crippen LogP) is 21.0. The first-order valence-corrected chi connectivity index (χ1v) is 40.8. The highest BCUT2D eigenvalue weighted by atomic mass is 31.2. The lowest BCUT2D eigenvalue weighted by atomic mass is 10.0. The van der Waals surface area contributed by atoms with Gasteiger partial charge in [0.2, 0.25) is 0 Å². The number of phosphoric acid groups is 2. The van der Waals surface area contributed by atoms with Gasteiger partial charge in [-0.2, -0.15) is 0 Å². The average Bonchev–Trinajstić information content (AvgIpc) is 3.64. The van der Waals surface area contributed by atoms with Gasteiger partial charge in [-0.15, -0.1) is 0 Å². The summed E-state index contributed by atoms with van der Waals surface area (Å²) in [4.78, 5) is 72.7. The van der Waals surface area contributed by atoms with Crippen molar-refractivity contribution in [2.45, 2.75) is 388 Å². The maximum Gasteiger partial charge on any atom is 0.472 e. The summed E-state index contributed by atoms with van der Waals surface area (Å²) in [6.07, 6.45) is 48.7. The standard InChI is InChI=1S/C73H142O17P2/c1-8-9-10-11-12-13-14-15-16-17-18-19-22-26-34-42-49-56-72(77)89-68(60-83-70(75)54-47-40-33-25-23-20-21-24-30-37-44-51-64(2)3)62-87-91(79,80)85-58-67(74)59-86-92(81,82)88-63-69(61-84-71(76)55-48-41-36-29-32-39-46-53-66(6)7)90-73(78)57-50-43-35-28-27-31-38-45-52-65(4)5/h64-69,74H,8-63H2,1-7H3,(H,79,80)(H,81,82)/t67-,68-,69-/m1/s1. The minimum absolute atomic E-state index is 0.104. The van der Waals surface area contributed by atoms with Gasteiger partial charge in [0, 0.05) is 25.7 Å². The molecule has 0 aliphatic rings. The maximum atomic E-state index is 13.1. The molecule has 546 valence electrons. The highest BCUT2D eigenvalue weighted by Crippen LogP contribution is 2.45. The van der Waals surface area contributed by atoms with Crippen LogP contribution in [0.2, 0.25) is 0 Å². The van der Waals surface area contributed by atoms with Crippen LogP contribution in [-0.2, 0) is 65.4 Å². The van der Waals surface area contributed by atoms with Crippen LogP contribution < -0.4 is 0 Å². The van der Waals surface area contributed by atoms with Gasteiger partial charge in [0.05, 0.1) is 26.4 Å². The summed E-state index contributed by atoms with van der Waals surface area (Å²) in [5, 5.41) is 10.6. The van der Waals surface area contributed by atoms with E-state index in [9.17, 15) is 43.2 Å². The SMILES string of the molecule is CCCCCCCCCCCCCCCCCCCC(=O)O[C@H](COC(=O)CCCCCCCCCCCCCC(C)C)COP(=O)(O)OC[C@@H](O)COP(=O)(O)OC[C@@H](COC(=O)CCCCCCCCCC(C)C)OC(=O)CCCCCCCCCCC(C)C. The zero-order valence-electron chi connectivity index (χ0n) is 60.0. The highest BCUT2D eigenvalue weighted by molar-refractivity contribution is 7.47. The van der Waals surface area contributed by atoms with Crippen molar-refractivity contribution in [1.29, 1.82) is 0 Å². The number of carbonyl (C=O) groups is 4. The number of carbonyl (C=O) groups excluding carboxylic acids is 4. The number of aliphatic hydroxyl groups excluding tert-OH is 1. The Morgan fingerprint density at radius 2 is 0.500 bits per heavy atom. The van der Waals surface area contributed by atoms with Gasteiger partial charge in [0.15, 0.2) is 12.2 Å². The van der Waals surface area contributed by atoms with E-state index in [4.69, 9.17) is 37.0 Å². The minimum Gasteiger partial charge on any atom is -0.462 e. The number of hydrogen-bond donors (Lipinski definition) is 3. The molecule has 0 aromatic carbocycles. The Hall–Kier alpha value is -1.94. The quantitative estimate of drug-likeness (QED) is 0.0222.